The maximum absolute atomic E-state index is 10.8. The van der Waals surface area contributed by atoms with E-state index in [1.165, 1.54) is 12.8 Å². The van der Waals surface area contributed by atoms with Crippen molar-refractivity contribution in [3.63, 3.8) is 0 Å². The predicted molar refractivity (Wildman–Crippen MR) is 59.2 cm³/mol. The third kappa shape index (κ3) is 2.09. The van der Waals surface area contributed by atoms with Crippen molar-refractivity contribution in [3.8, 4) is 0 Å². The monoisotopic (exact) mass is 206 g/mol. The van der Waals surface area contributed by atoms with Crippen molar-refractivity contribution >= 4 is 11.4 Å². The molecule has 80 valence electrons. The Morgan fingerprint density at radius 3 is 2.53 bits per heavy atom. The number of nitro benzene ring substituents is 1. The van der Waals surface area contributed by atoms with Crippen molar-refractivity contribution in [1.82, 2.24) is 0 Å². The third-order valence-corrected chi connectivity index (χ3v) is 2.68. The summed E-state index contributed by atoms with van der Waals surface area (Å²) in [6.45, 7) is 3.74. The summed E-state index contributed by atoms with van der Waals surface area (Å²) in [6.07, 6.45) is 2.34. The summed E-state index contributed by atoms with van der Waals surface area (Å²) in [6, 6.07) is 4.03. The van der Waals surface area contributed by atoms with E-state index in [1.54, 1.807) is 13.0 Å². The van der Waals surface area contributed by atoms with Gasteiger partial charge in [-0.15, -0.1) is 0 Å². The molecule has 0 unspecified atom stereocenters. The largest absolute Gasteiger partial charge is 0.382 e. The van der Waals surface area contributed by atoms with Crippen molar-refractivity contribution in [1.29, 1.82) is 0 Å². The van der Waals surface area contributed by atoms with Gasteiger partial charge in [0.15, 0.2) is 0 Å². The Morgan fingerprint density at radius 1 is 1.33 bits per heavy atom. The molecular weight excluding hydrogens is 192 g/mol. The van der Waals surface area contributed by atoms with E-state index in [1.807, 2.05) is 13.0 Å². The first-order chi connectivity index (χ1) is 7.08. The lowest BCUT2D eigenvalue weighted by molar-refractivity contribution is -0.385. The molecule has 0 aromatic heterocycles. The molecule has 15 heavy (non-hydrogen) atoms. The van der Waals surface area contributed by atoms with Gasteiger partial charge in [-0.05, 0) is 38.3 Å². The second-order valence-corrected chi connectivity index (χ2v) is 4.13. The van der Waals surface area contributed by atoms with E-state index >= 15 is 0 Å². The first-order valence-electron chi connectivity index (χ1n) is 5.10. The second kappa shape index (κ2) is 3.53. The van der Waals surface area contributed by atoms with Crippen LogP contribution < -0.4 is 5.32 Å². The van der Waals surface area contributed by atoms with Crippen LogP contribution in [0.25, 0.3) is 0 Å². The molecule has 1 aromatic carbocycles. The predicted octanol–water partition coefficient (Wildman–Crippen LogP) is 2.79. The van der Waals surface area contributed by atoms with Crippen LogP contribution in [-0.4, -0.2) is 11.0 Å². The number of rotatable bonds is 3. The van der Waals surface area contributed by atoms with Crippen LogP contribution in [0.1, 0.15) is 24.0 Å². The molecule has 0 radical (unpaired) electrons. The van der Waals surface area contributed by atoms with Gasteiger partial charge < -0.3 is 5.32 Å². The molecule has 1 aliphatic carbocycles. The molecule has 0 saturated heterocycles. The molecule has 2 rings (SSSR count). The molecule has 0 atom stereocenters. The van der Waals surface area contributed by atoms with Gasteiger partial charge in [-0.1, -0.05) is 0 Å². The number of hydrogen-bond donors (Lipinski definition) is 1. The van der Waals surface area contributed by atoms with Crippen LogP contribution in [0.15, 0.2) is 12.1 Å². The lowest BCUT2D eigenvalue weighted by Crippen LogP contribution is -2.04. The van der Waals surface area contributed by atoms with Gasteiger partial charge >= 0.3 is 0 Å². The summed E-state index contributed by atoms with van der Waals surface area (Å²) in [5.74, 6) is 0. The van der Waals surface area contributed by atoms with Crippen LogP contribution in [-0.2, 0) is 0 Å². The van der Waals surface area contributed by atoms with Crippen LogP contribution in [0.4, 0.5) is 11.4 Å². The van der Waals surface area contributed by atoms with Gasteiger partial charge in [0.2, 0.25) is 0 Å². The molecule has 1 saturated carbocycles. The maximum atomic E-state index is 10.8. The van der Waals surface area contributed by atoms with E-state index in [9.17, 15) is 10.1 Å². The zero-order valence-electron chi connectivity index (χ0n) is 8.91. The lowest BCUT2D eigenvalue weighted by Gasteiger charge is -2.09. The minimum absolute atomic E-state index is 0.198. The average molecular weight is 206 g/mol. The number of aryl methyl sites for hydroxylation is 2. The lowest BCUT2D eigenvalue weighted by atomic mass is 10.1. The van der Waals surface area contributed by atoms with Gasteiger partial charge in [-0.2, -0.15) is 0 Å². The Morgan fingerprint density at radius 2 is 2.00 bits per heavy atom. The fourth-order valence-corrected chi connectivity index (χ4v) is 1.64. The molecule has 4 nitrogen and oxygen atoms in total. The number of benzene rings is 1. The summed E-state index contributed by atoms with van der Waals surface area (Å²) in [5, 5.41) is 14.1. The maximum Gasteiger partial charge on any atom is 0.274 e. The molecule has 1 aromatic rings. The second-order valence-electron chi connectivity index (χ2n) is 4.13. The molecule has 1 fully saturated rings. The molecule has 1 aliphatic rings. The molecule has 4 heteroatoms. The fourth-order valence-electron chi connectivity index (χ4n) is 1.64. The van der Waals surface area contributed by atoms with Gasteiger partial charge in [-0.25, -0.2) is 0 Å². The van der Waals surface area contributed by atoms with Crippen LogP contribution >= 0.6 is 0 Å². The smallest absolute Gasteiger partial charge is 0.274 e. The molecule has 0 aliphatic heterocycles. The van der Waals surface area contributed by atoms with E-state index in [0.717, 1.165) is 16.8 Å². The number of anilines is 1. The Hall–Kier alpha value is -1.58. The third-order valence-electron chi connectivity index (χ3n) is 2.68. The summed E-state index contributed by atoms with van der Waals surface area (Å²) in [4.78, 5) is 10.4. The highest BCUT2D eigenvalue weighted by atomic mass is 16.6. The zero-order chi connectivity index (χ0) is 11.0. The van der Waals surface area contributed by atoms with Gasteiger partial charge in [0.1, 0.15) is 0 Å². The van der Waals surface area contributed by atoms with E-state index in [4.69, 9.17) is 0 Å². The van der Waals surface area contributed by atoms with Gasteiger partial charge in [0.25, 0.3) is 5.69 Å². The van der Waals surface area contributed by atoms with E-state index < -0.39 is 0 Å². The quantitative estimate of drug-likeness (QED) is 0.611. The molecule has 0 spiro atoms. The molecule has 0 bridgehead atoms. The van der Waals surface area contributed by atoms with E-state index in [0.29, 0.717) is 6.04 Å². The van der Waals surface area contributed by atoms with E-state index in [2.05, 4.69) is 5.32 Å². The first kappa shape index (κ1) is 9.96. The summed E-state index contributed by atoms with van der Waals surface area (Å²) in [7, 11) is 0. The van der Waals surface area contributed by atoms with Gasteiger partial charge in [0.05, 0.1) is 4.92 Å². The molecule has 1 N–H and O–H groups in total. The van der Waals surface area contributed by atoms with Crippen molar-refractivity contribution in [2.75, 3.05) is 5.32 Å². The van der Waals surface area contributed by atoms with Crippen molar-refractivity contribution < 1.29 is 4.92 Å². The molecule has 0 amide bonds. The van der Waals surface area contributed by atoms with Crippen LogP contribution in [0, 0.1) is 24.0 Å². The summed E-state index contributed by atoms with van der Waals surface area (Å²) >= 11 is 0. The average Bonchev–Trinajstić information content (AvgIpc) is 2.92. The highest BCUT2D eigenvalue weighted by molar-refractivity contribution is 5.60. The number of hydrogen-bond acceptors (Lipinski definition) is 3. The minimum Gasteiger partial charge on any atom is -0.382 e. The van der Waals surface area contributed by atoms with Crippen LogP contribution in [0.5, 0.6) is 0 Å². The Bertz CT molecular complexity index is 411. The Labute approximate surface area is 88.5 Å². The van der Waals surface area contributed by atoms with Gasteiger partial charge in [-0.3, -0.25) is 10.1 Å². The highest BCUT2D eigenvalue weighted by Gasteiger charge is 2.23. The number of nitrogens with one attached hydrogen (secondary N) is 1. The first-order valence-corrected chi connectivity index (χ1v) is 5.10. The Kier molecular flexibility index (Phi) is 2.34. The van der Waals surface area contributed by atoms with Crippen LogP contribution in [0.2, 0.25) is 0 Å². The highest BCUT2D eigenvalue weighted by Crippen LogP contribution is 2.30. The number of nitrogens with zero attached hydrogens (tertiary/aromatic N) is 1. The summed E-state index contributed by atoms with van der Waals surface area (Å²) < 4.78 is 0. The van der Waals surface area contributed by atoms with Gasteiger partial charge in [0, 0.05) is 23.4 Å². The van der Waals surface area contributed by atoms with Crippen LogP contribution in [0.3, 0.4) is 0 Å². The SMILES string of the molecule is Cc1cc(C)c([N+](=O)[O-])cc1NC1CC1. The zero-order valence-corrected chi connectivity index (χ0v) is 8.91. The van der Waals surface area contributed by atoms with Crippen molar-refractivity contribution in [2.24, 2.45) is 0 Å². The number of nitro groups is 1. The van der Waals surface area contributed by atoms with Crippen molar-refractivity contribution in [3.05, 3.63) is 33.4 Å². The molecular formula is C11H14N2O2. The fraction of sp³-hybridized carbons (Fsp3) is 0.455. The van der Waals surface area contributed by atoms with Crippen molar-refractivity contribution in [2.45, 2.75) is 32.7 Å². The minimum atomic E-state index is -0.327. The molecule has 0 heterocycles. The standard InChI is InChI=1S/C11H14N2O2/c1-7-5-8(2)11(13(14)15)6-10(7)12-9-3-4-9/h5-6,9,12H,3-4H2,1-2H3. The normalized spacial score (nSPS) is 15.1. The summed E-state index contributed by atoms with van der Waals surface area (Å²) in [5.41, 5.74) is 2.89. The Balaban J connectivity index is 2.35. The van der Waals surface area contributed by atoms with E-state index in [-0.39, 0.29) is 10.6 Å². The topological polar surface area (TPSA) is 55.2 Å².